The predicted octanol–water partition coefficient (Wildman–Crippen LogP) is 3.15. The Kier molecular flexibility index (Phi) is 4.79. The van der Waals surface area contributed by atoms with Crippen LogP contribution in [0.4, 0.5) is 0 Å². The number of nitrogens with one attached hydrogen (secondary N) is 1. The molecule has 1 aromatic carbocycles. The quantitative estimate of drug-likeness (QED) is 0.735. The maximum Gasteiger partial charge on any atom is 0.253 e. The molecule has 1 aliphatic rings. The highest BCUT2D eigenvalue weighted by atomic mass is 16.1. The molecule has 1 atom stereocenters. The van der Waals surface area contributed by atoms with E-state index in [1.807, 2.05) is 35.9 Å². The molecule has 1 fully saturated rings. The van der Waals surface area contributed by atoms with E-state index < -0.39 is 0 Å². The molecule has 3 heterocycles. The molecular weight excluding hydrogens is 352 g/mol. The highest BCUT2D eigenvalue weighted by molar-refractivity contribution is 5.82. The summed E-state index contributed by atoms with van der Waals surface area (Å²) in [6, 6.07) is 7.84. The lowest BCUT2D eigenvalue weighted by atomic mass is 9.99. The van der Waals surface area contributed by atoms with Crippen LogP contribution >= 0.6 is 0 Å². The minimum absolute atomic E-state index is 0.0671. The van der Waals surface area contributed by atoms with E-state index in [1.165, 1.54) is 0 Å². The van der Waals surface area contributed by atoms with Gasteiger partial charge in [-0.2, -0.15) is 0 Å². The third kappa shape index (κ3) is 3.13. The van der Waals surface area contributed by atoms with Gasteiger partial charge in [-0.1, -0.05) is 25.1 Å². The van der Waals surface area contributed by atoms with E-state index in [1.54, 1.807) is 0 Å². The Labute approximate surface area is 164 Å². The van der Waals surface area contributed by atoms with Gasteiger partial charge in [0.15, 0.2) is 5.82 Å². The maximum absolute atomic E-state index is 13.1. The van der Waals surface area contributed by atoms with E-state index in [-0.39, 0.29) is 17.1 Å². The number of benzene rings is 1. The molecule has 0 bridgehead atoms. The number of likely N-dealkylation sites (tertiary alicyclic amines) is 1. The second-order valence-corrected chi connectivity index (χ2v) is 8.35. The van der Waals surface area contributed by atoms with Crippen molar-refractivity contribution in [3.63, 3.8) is 0 Å². The van der Waals surface area contributed by atoms with Gasteiger partial charge >= 0.3 is 0 Å². The van der Waals surface area contributed by atoms with Crippen molar-refractivity contribution in [2.75, 3.05) is 13.1 Å². The number of fused-ring (bicyclic) bond motifs is 1. The number of nitrogens with zero attached hydrogens (tertiary/aromatic N) is 5. The lowest BCUT2D eigenvalue weighted by molar-refractivity contribution is 0.230. The molecule has 1 N–H and O–H groups in total. The summed E-state index contributed by atoms with van der Waals surface area (Å²) in [6.07, 6.45) is 3.14. The Bertz CT molecular complexity index is 1040. The Hall–Kier alpha value is -2.54. The average Bonchev–Trinajstić information content (AvgIpc) is 3.36. The van der Waals surface area contributed by atoms with Crippen LogP contribution in [0.5, 0.6) is 0 Å². The summed E-state index contributed by atoms with van der Waals surface area (Å²) in [5.41, 5.74) is 2.38. The summed E-state index contributed by atoms with van der Waals surface area (Å²) in [5.74, 6) is 0.742. The van der Waals surface area contributed by atoms with E-state index in [0.29, 0.717) is 5.56 Å². The van der Waals surface area contributed by atoms with Crippen LogP contribution in [0, 0.1) is 6.92 Å². The van der Waals surface area contributed by atoms with E-state index in [4.69, 9.17) is 0 Å². The van der Waals surface area contributed by atoms with Gasteiger partial charge in [0.1, 0.15) is 6.04 Å². The number of H-pyrrole nitrogens is 1. The fourth-order valence-electron chi connectivity index (χ4n) is 4.05. The molecule has 7 nitrogen and oxygen atoms in total. The Morgan fingerprint density at radius 2 is 2.00 bits per heavy atom. The monoisotopic (exact) mass is 380 g/mol. The summed E-state index contributed by atoms with van der Waals surface area (Å²) in [6.45, 7) is 10.3. The number of pyridine rings is 1. The zero-order valence-electron chi connectivity index (χ0n) is 17.1. The largest absolute Gasteiger partial charge is 0.321 e. The Morgan fingerprint density at radius 1 is 1.25 bits per heavy atom. The van der Waals surface area contributed by atoms with Crippen LogP contribution in [0.15, 0.2) is 29.1 Å². The maximum atomic E-state index is 13.1. The van der Waals surface area contributed by atoms with Crippen LogP contribution in [-0.4, -0.2) is 43.2 Å². The molecule has 28 heavy (non-hydrogen) atoms. The number of hydrogen-bond donors (Lipinski definition) is 1. The molecule has 1 saturated heterocycles. The summed E-state index contributed by atoms with van der Waals surface area (Å²) < 4.78 is 1.90. The summed E-state index contributed by atoms with van der Waals surface area (Å²) in [5, 5.41) is 13.7. The summed E-state index contributed by atoms with van der Waals surface area (Å²) in [7, 11) is 0. The van der Waals surface area contributed by atoms with Crippen LogP contribution in [0.2, 0.25) is 0 Å². The van der Waals surface area contributed by atoms with Crippen molar-refractivity contribution in [1.82, 2.24) is 30.1 Å². The molecule has 1 aliphatic heterocycles. The van der Waals surface area contributed by atoms with Crippen LogP contribution in [0.1, 0.15) is 63.0 Å². The number of rotatable bonds is 5. The van der Waals surface area contributed by atoms with Crippen molar-refractivity contribution in [3.05, 3.63) is 51.6 Å². The molecular formula is C21H28N6O. The predicted molar refractivity (Wildman–Crippen MR) is 109 cm³/mol. The van der Waals surface area contributed by atoms with Gasteiger partial charge in [0.05, 0.1) is 11.1 Å². The number of aryl methyl sites for hydroxylation is 1. The molecule has 4 rings (SSSR count). The standard InChI is InChI=1S/C21H28N6O/c1-5-21(3,4)27-19(23-24-25-27)18(26-11-6-7-12-26)16-13-15-10-8-9-14(2)17(15)22-20(16)28/h8-10,13,18H,5-7,11-12H2,1-4H3,(H,22,28)/t18-/m0/s1. The Balaban J connectivity index is 1.92. The highest BCUT2D eigenvalue weighted by Gasteiger charge is 2.35. The third-order valence-electron chi connectivity index (χ3n) is 6.09. The molecule has 148 valence electrons. The molecule has 0 unspecified atom stereocenters. The van der Waals surface area contributed by atoms with Crippen molar-refractivity contribution < 1.29 is 0 Å². The van der Waals surface area contributed by atoms with Crippen molar-refractivity contribution in [3.8, 4) is 0 Å². The molecule has 0 radical (unpaired) electrons. The van der Waals surface area contributed by atoms with Gasteiger partial charge in [-0.3, -0.25) is 9.69 Å². The first-order valence-electron chi connectivity index (χ1n) is 10.1. The topological polar surface area (TPSA) is 79.7 Å². The molecule has 0 amide bonds. The minimum atomic E-state index is -0.253. The number of hydrogen-bond acceptors (Lipinski definition) is 5. The van der Waals surface area contributed by atoms with Gasteiger partial charge in [0.25, 0.3) is 5.56 Å². The van der Waals surface area contributed by atoms with E-state index >= 15 is 0 Å². The molecule has 7 heteroatoms. The SMILES string of the molecule is CCC(C)(C)n1nnnc1[C@H](c1cc2cccc(C)c2[nH]c1=O)N1CCCC1. The normalized spacial score (nSPS) is 16.7. The molecule has 0 aliphatic carbocycles. The number of aromatic amines is 1. The summed E-state index contributed by atoms with van der Waals surface area (Å²) in [4.78, 5) is 18.6. The van der Waals surface area contributed by atoms with E-state index in [9.17, 15) is 4.79 Å². The van der Waals surface area contributed by atoms with Crippen molar-refractivity contribution in [1.29, 1.82) is 0 Å². The molecule has 0 saturated carbocycles. The number of tetrazole rings is 1. The third-order valence-corrected chi connectivity index (χ3v) is 6.09. The lowest BCUT2D eigenvalue weighted by Gasteiger charge is -2.31. The smallest absolute Gasteiger partial charge is 0.253 e. The van der Waals surface area contributed by atoms with Crippen molar-refractivity contribution in [2.24, 2.45) is 0 Å². The van der Waals surface area contributed by atoms with E-state index in [2.05, 4.69) is 46.2 Å². The second kappa shape index (κ2) is 7.13. The average molecular weight is 380 g/mol. The molecule has 3 aromatic rings. The first kappa shape index (κ1) is 18.8. The zero-order valence-corrected chi connectivity index (χ0v) is 17.1. The molecule has 2 aromatic heterocycles. The fraction of sp³-hybridized carbons (Fsp3) is 0.524. The highest BCUT2D eigenvalue weighted by Crippen LogP contribution is 2.32. The van der Waals surface area contributed by atoms with Crippen LogP contribution in [-0.2, 0) is 5.54 Å². The van der Waals surface area contributed by atoms with Gasteiger partial charge in [-0.15, -0.1) is 5.10 Å². The zero-order chi connectivity index (χ0) is 19.9. The fourth-order valence-corrected chi connectivity index (χ4v) is 4.05. The van der Waals surface area contributed by atoms with Gasteiger partial charge in [0, 0.05) is 5.56 Å². The minimum Gasteiger partial charge on any atom is -0.321 e. The number of para-hydroxylation sites is 1. The Morgan fingerprint density at radius 3 is 2.71 bits per heavy atom. The van der Waals surface area contributed by atoms with E-state index in [0.717, 1.165) is 54.6 Å². The van der Waals surface area contributed by atoms with Crippen LogP contribution < -0.4 is 5.56 Å². The van der Waals surface area contributed by atoms with Crippen LogP contribution in [0.25, 0.3) is 10.9 Å². The number of aromatic nitrogens is 5. The van der Waals surface area contributed by atoms with Gasteiger partial charge in [-0.05, 0) is 80.6 Å². The van der Waals surface area contributed by atoms with Crippen molar-refractivity contribution >= 4 is 10.9 Å². The lowest BCUT2D eigenvalue weighted by Crippen LogP contribution is -2.37. The van der Waals surface area contributed by atoms with Gasteiger partial charge in [0.2, 0.25) is 0 Å². The van der Waals surface area contributed by atoms with Crippen molar-refractivity contribution in [2.45, 2.75) is 58.5 Å². The molecule has 0 spiro atoms. The first-order valence-corrected chi connectivity index (χ1v) is 10.1. The van der Waals surface area contributed by atoms with Gasteiger partial charge in [-0.25, -0.2) is 4.68 Å². The van der Waals surface area contributed by atoms with Gasteiger partial charge < -0.3 is 4.98 Å². The summed E-state index contributed by atoms with van der Waals surface area (Å²) >= 11 is 0. The van der Waals surface area contributed by atoms with Crippen LogP contribution in [0.3, 0.4) is 0 Å². The second-order valence-electron chi connectivity index (χ2n) is 8.35. The first-order chi connectivity index (χ1) is 13.4.